The second-order valence-electron chi connectivity index (χ2n) is 9.03. The molecule has 0 heterocycles. The summed E-state index contributed by atoms with van der Waals surface area (Å²) in [7, 11) is -10.4. The van der Waals surface area contributed by atoms with Crippen molar-refractivity contribution in [2.75, 3.05) is 5.32 Å². The van der Waals surface area contributed by atoms with Crippen molar-refractivity contribution in [2.45, 2.75) is 16.7 Å². The predicted octanol–water partition coefficient (Wildman–Crippen LogP) is 3.89. The fourth-order valence-corrected chi connectivity index (χ4v) is 6.01. The molecule has 4 aromatic rings. The van der Waals surface area contributed by atoms with Crippen LogP contribution in [0.3, 0.4) is 0 Å². The number of azo groups is 1. The number of hydrogen-bond acceptors (Lipinski definition) is 11. The molecule has 1 amide bonds. The van der Waals surface area contributed by atoms with E-state index in [-0.39, 0.29) is 27.9 Å². The molecule has 0 spiro atoms. The number of amides is 1. The predicted molar refractivity (Wildman–Crippen MR) is 145 cm³/mol. The Morgan fingerprint density at radius 1 is 0.738 bits per heavy atom. The first-order valence-corrected chi connectivity index (χ1v) is 14.5. The molecule has 0 atom stereocenters. The molecular weight excluding hydrogens is 594 g/mol. The molecule has 42 heavy (non-hydrogen) atoms. The third kappa shape index (κ3) is 4.77. The van der Waals surface area contributed by atoms with Gasteiger partial charge in [-0.05, 0) is 24.3 Å². The average Bonchev–Trinajstić information content (AvgIpc) is 2.90. The van der Waals surface area contributed by atoms with Gasteiger partial charge >= 0.3 is 0 Å². The van der Waals surface area contributed by atoms with E-state index in [0.29, 0.717) is 6.07 Å². The van der Waals surface area contributed by atoms with E-state index in [1.807, 2.05) is 0 Å². The summed E-state index contributed by atoms with van der Waals surface area (Å²) in [4.78, 5) is 35.6. The van der Waals surface area contributed by atoms with Crippen molar-refractivity contribution in [2.24, 2.45) is 10.2 Å². The van der Waals surface area contributed by atoms with Crippen LogP contribution in [0.2, 0.25) is 0 Å². The van der Waals surface area contributed by atoms with Gasteiger partial charge in [0.15, 0.2) is 17.3 Å². The second kappa shape index (κ2) is 9.81. The summed E-state index contributed by atoms with van der Waals surface area (Å²) in [6.07, 6.45) is 0. The molecule has 14 nitrogen and oxygen atoms in total. The monoisotopic (exact) mass is 611 g/mol. The molecule has 0 aromatic heterocycles. The van der Waals surface area contributed by atoms with E-state index < -0.39 is 81.1 Å². The number of anilines is 1. The van der Waals surface area contributed by atoms with E-state index in [0.717, 1.165) is 31.2 Å². The molecule has 0 saturated heterocycles. The molecule has 4 aromatic carbocycles. The maximum atomic E-state index is 13.0. The third-order valence-corrected chi connectivity index (χ3v) is 8.09. The van der Waals surface area contributed by atoms with Crippen molar-refractivity contribution < 1.29 is 50.5 Å². The Balaban J connectivity index is 1.71. The number of ketones is 2. The molecule has 0 fully saturated rings. The smallest absolute Gasteiger partial charge is 0.296 e. The molecule has 5 N–H and O–H groups in total. The summed E-state index contributed by atoms with van der Waals surface area (Å²) in [6, 6.07) is 10.7. The highest BCUT2D eigenvalue weighted by molar-refractivity contribution is 7.87. The molecule has 0 unspecified atom stereocenters. The second-order valence-corrected chi connectivity index (χ2v) is 11.8. The Kier molecular flexibility index (Phi) is 6.65. The van der Waals surface area contributed by atoms with Crippen LogP contribution in [0, 0.1) is 0 Å². The third-order valence-electron chi connectivity index (χ3n) is 6.32. The van der Waals surface area contributed by atoms with E-state index in [1.165, 1.54) is 12.1 Å². The number of aromatic hydroxyl groups is 2. The van der Waals surface area contributed by atoms with Gasteiger partial charge < -0.3 is 15.5 Å². The molecule has 5 rings (SSSR count). The van der Waals surface area contributed by atoms with Crippen molar-refractivity contribution in [1.82, 2.24) is 0 Å². The number of phenols is 2. The summed E-state index contributed by atoms with van der Waals surface area (Å²) in [6.45, 7) is 0.972. The van der Waals surface area contributed by atoms with Crippen molar-refractivity contribution in [3.63, 3.8) is 0 Å². The minimum Gasteiger partial charge on any atom is -0.506 e. The number of fused-ring (bicyclic) bond motifs is 3. The van der Waals surface area contributed by atoms with Crippen LogP contribution in [0.1, 0.15) is 38.8 Å². The highest BCUT2D eigenvalue weighted by Gasteiger charge is 2.31. The SMILES string of the molecule is CC(=O)Nc1c(S(=O)(=O)O)cc(S(=O)(=O)O)c2ccc(N=Nc3cc4c(cc3O)C(=O)c3ccccc3C4=O)c(O)c12. The standard InChI is InChI=1S/C26H17N3O11S2/c1-11(30)27-23-21(42(38,39)40)10-20(41(35,36)37)14-6-7-17(26(34)22(14)23)28-29-18-8-15-16(9-19(18)31)25(33)13-5-3-2-4-12(13)24(15)32/h2-10,31,34H,1H3,(H,27,30)(H,35,36,37)(H,38,39,40). The first-order chi connectivity index (χ1) is 19.6. The number of carbonyl (C=O) groups excluding carboxylic acids is 3. The number of hydrogen-bond donors (Lipinski definition) is 5. The van der Waals surface area contributed by atoms with Crippen LogP contribution >= 0.6 is 0 Å². The summed E-state index contributed by atoms with van der Waals surface area (Å²) in [5.74, 6) is -3.37. The zero-order valence-electron chi connectivity index (χ0n) is 21.1. The fraction of sp³-hybridized carbons (Fsp3) is 0.0385. The van der Waals surface area contributed by atoms with Gasteiger partial charge in [-0.15, -0.1) is 10.2 Å². The molecule has 16 heteroatoms. The van der Waals surface area contributed by atoms with Gasteiger partial charge in [0.2, 0.25) is 5.91 Å². The van der Waals surface area contributed by atoms with E-state index in [2.05, 4.69) is 15.5 Å². The Morgan fingerprint density at radius 2 is 1.29 bits per heavy atom. The van der Waals surface area contributed by atoms with E-state index in [9.17, 15) is 50.5 Å². The fourth-order valence-electron chi connectivity index (χ4n) is 4.54. The first-order valence-electron chi connectivity index (χ1n) is 11.6. The normalized spacial score (nSPS) is 13.3. The van der Waals surface area contributed by atoms with Gasteiger partial charge in [-0.1, -0.05) is 30.3 Å². The number of benzene rings is 4. The summed E-state index contributed by atoms with van der Waals surface area (Å²) < 4.78 is 67.6. The minimum absolute atomic E-state index is 0.0702. The average molecular weight is 612 g/mol. The molecule has 0 bridgehead atoms. The van der Waals surface area contributed by atoms with Crippen LogP contribution in [0.25, 0.3) is 10.8 Å². The molecular formula is C26H17N3O11S2. The van der Waals surface area contributed by atoms with Gasteiger partial charge in [0.1, 0.15) is 26.9 Å². The number of phenolic OH excluding ortho intramolecular Hbond substituents is 2. The lowest BCUT2D eigenvalue weighted by Gasteiger charge is -2.18. The first kappa shape index (κ1) is 28.5. The van der Waals surface area contributed by atoms with Gasteiger partial charge in [-0.25, -0.2) is 0 Å². The molecule has 0 aliphatic heterocycles. The lowest BCUT2D eigenvalue weighted by Crippen LogP contribution is -2.20. The van der Waals surface area contributed by atoms with E-state index in [1.54, 1.807) is 12.1 Å². The highest BCUT2D eigenvalue weighted by atomic mass is 32.2. The molecule has 1 aliphatic carbocycles. The van der Waals surface area contributed by atoms with Gasteiger partial charge in [-0.3, -0.25) is 23.5 Å². The Labute approximate surface area is 236 Å². The van der Waals surface area contributed by atoms with E-state index in [4.69, 9.17) is 0 Å². The Morgan fingerprint density at radius 3 is 1.83 bits per heavy atom. The topological polar surface area (TPSA) is 237 Å². The van der Waals surface area contributed by atoms with Crippen LogP contribution in [0.4, 0.5) is 17.1 Å². The maximum Gasteiger partial charge on any atom is 0.296 e. The quantitative estimate of drug-likeness (QED) is 0.141. The van der Waals surface area contributed by atoms with Crippen molar-refractivity contribution in [3.8, 4) is 11.5 Å². The zero-order chi connectivity index (χ0) is 30.7. The summed E-state index contributed by atoms with van der Waals surface area (Å²) >= 11 is 0. The van der Waals surface area contributed by atoms with E-state index >= 15 is 0 Å². The summed E-state index contributed by atoms with van der Waals surface area (Å²) in [5, 5.41) is 30.2. The van der Waals surface area contributed by atoms with Crippen LogP contribution in [0.15, 0.2) is 74.6 Å². The largest absolute Gasteiger partial charge is 0.506 e. The number of rotatable bonds is 5. The van der Waals surface area contributed by atoms with Crippen molar-refractivity contribution >= 4 is 65.5 Å². The van der Waals surface area contributed by atoms with Crippen LogP contribution in [0.5, 0.6) is 11.5 Å². The van der Waals surface area contributed by atoms with Crippen molar-refractivity contribution in [1.29, 1.82) is 0 Å². The highest BCUT2D eigenvalue weighted by Crippen LogP contribution is 2.45. The van der Waals surface area contributed by atoms with Gasteiger partial charge in [0.05, 0.1) is 11.1 Å². The summed E-state index contributed by atoms with van der Waals surface area (Å²) in [5.41, 5.74) is -1.31. The maximum absolute atomic E-state index is 13.0. The van der Waals surface area contributed by atoms with Gasteiger partial charge in [0, 0.05) is 34.6 Å². The number of nitrogens with one attached hydrogen (secondary N) is 1. The van der Waals surface area contributed by atoms with Crippen LogP contribution < -0.4 is 5.32 Å². The van der Waals surface area contributed by atoms with Gasteiger partial charge in [-0.2, -0.15) is 16.8 Å². The Hall–Kier alpha value is -5.03. The number of nitrogens with zero attached hydrogens (tertiary/aromatic N) is 2. The molecule has 1 aliphatic rings. The molecule has 214 valence electrons. The van der Waals surface area contributed by atoms with Crippen LogP contribution in [-0.2, 0) is 25.0 Å². The molecule has 0 saturated carbocycles. The minimum atomic E-state index is -5.23. The van der Waals surface area contributed by atoms with Crippen molar-refractivity contribution in [3.05, 3.63) is 76.9 Å². The lowest BCUT2D eigenvalue weighted by atomic mass is 9.84. The molecule has 0 radical (unpaired) electrons. The number of carbonyl (C=O) groups is 3. The Bertz CT molecular complexity index is 2160. The lowest BCUT2D eigenvalue weighted by molar-refractivity contribution is -0.114. The van der Waals surface area contributed by atoms with Crippen LogP contribution in [-0.4, -0.2) is 53.6 Å². The zero-order valence-corrected chi connectivity index (χ0v) is 22.7. The van der Waals surface area contributed by atoms with Gasteiger partial charge in [0.25, 0.3) is 20.2 Å².